The van der Waals surface area contributed by atoms with Gasteiger partial charge in [0.15, 0.2) is 11.5 Å². The summed E-state index contributed by atoms with van der Waals surface area (Å²) in [5, 5.41) is 13.4. The Morgan fingerprint density at radius 3 is 3.11 bits per heavy atom. The van der Waals surface area contributed by atoms with Gasteiger partial charge in [-0.2, -0.15) is 0 Å². The number of hydrogen-bond donors (Lipinski definition) is 1. The molecule has 0 fully saturated rings. The molecule has 0 radical (unpaired) electrons. The standard InChI is InChI=1S/C12H10ClNO3S/c13-8-3-7(4-10-12(8)17-6-16-10)9(15)5-11-14-1-2-18-11/h1-4,9,15H,5-6H2. The highest BCUT2D eigenvalue weighted by atomic mass is 35.5. The van der Waals surface area contributed by atoms with Crippen molar-refractivity contribution in [1.29, 1.82) is 0 Å². The fourth-order valence-corrected chi connectivity index (χ4v) is 2.75. The number of thiazole rings is 1. The summed E-state index contributed by atoms with van der Waals surface area (Å²) in [5.41, 5.74) is 0.708. The average molecular weight is 284 g/mol. The van der Waals surface area contributed by atoms with E-state index in [2.05, 4.69) is 4.98 Å². The molecule has 0 saturated carbocycles. The van der Waals surface area contributed by atoms with Gasteiger partial charge in [0, 0.05) is 18.0 Å². The van der Waals surface area contributed by atoms with Crippen molar-refractivity contribution in [1.82, 2.24) is 4.98 Å². The number of aliphatic hydroxyl groups excluding tert-OH is 1. The molecule has 0 amide bonds. The highest BCUT2D eigenvalue weighted by molar-refractivity contribution is 7.09. The van der Waals surface area contributed by atoms with E-state index in [4.69, 9.17) is 21.1 Å². The van der Waals surface area contributed by atoms with Gasteiger partial charge in [-0.25, -0.2) is 4.98 Å². The Morgan fingerprint density at radius 2 is 2.33 bits per heavy atom. The maximum Gasteiger partial charge on any atom is 0.231 e. The van der Waals surface area contributed by atoms with Crippen LogP contribution < -0.4 is 9.47 Å². The van der Waals surface area contributed by atoms with E-state index in [0.29, 0.717) is 28.5 Å². The minimum Gasteiger partial charge on any atom is -0.454 e. The number of ether oxygens (including phenoxy) is 2. The first-order chi connectivity index (χ1) is 8.74. The summed E-state index contributed by atoms with van der Waals surface area (Å²) >= 11 is 7.59. The summed E-state index contributed by atoms with van der Waals surface area (Å²) in [6.07, 6.45) is 1.54. The summed E-state index contributed by atoms with van der Waals surface area (Å²) in [7, 11) is 0. The molecule has 3 rings (SSSR count). The normalized spacial score (nSPS) is 14.8. The predicted octanol–water partition coefficient (Wildman–Crippen LogP) is 2.80. The van der Waals surface area contributed by atoms with Gasteiger partial charge >= 0.3 is 0 Å². The highest BCUT2D eigenvalue weighted by Crippen LogP contribution is 2.41. The molecule has 1 atom stereocenters. The van der Waals surface area contributed by atoms with Gasteiger partial charge in [0.1, 0.15) is 0 Å². The quantitative estimate of drug-likeness (QED) is 0.941. The van der Waals surface area contributed by atoms with Crippen LogP contribution >= 0.6 is 22.9 Å². The van der Waals surface area contributed by atoms with Crippen molar-refractivity contribution in [2.24, 2.45) is 0 Å². The maximum absolute atomic E-state index is 10.2. The first-order valence-electron chi connectivity index (χ1n) is 5.39. The van der Waals surface area contributed by atoms with E-state index in [1.807, 2.05) is 5.38 Å². The van der Waals surface area contributed by atoms with E-state index in [9.17, 15) is 5.11 Å². The van der Waals surface area contributed by atoms with E-state index < -0.39 is 6.10 Å². The van der Waals surface area contributed by atoms with Crippen molar-refractivity contribution in [2.45, 2.75) is 12.5 Å². The van der Waals surface area contributed by atoms with Crippen molar-refractivity contribution in [3.8, 4) is 11.5 Å². The Morgan fingerprint density at radius 1 is 1.44 bits per heavy atom. The summed E-state index contributed by atoms with van der Waals surface area (Å²) in [5.74, 6) is 1.12. The zero-order valence-electron chi connectivity index (χ0n) is 9.30. The van der Waals surface area contributed by atoms with Gasteiger partial charge in [-0.3, -0.25) is 0 Å². The molecule has 0 spiro atoms. The lowest BCUT2D eigenvalue weighted by Gasteiger charge is -2.11. The van der Waals surface area contributed by atoms with Crippen molar-refractivity contribution < 1.29 is 14.6 Å². The van der Waals surface area contributed by atoms with Gasteiger partial charge in [0.2, 0.25) is 6.79 Å². The fraction of sp³-hybridized carbons (Fsp3) is 0.250. The first-order valence-corrected chi connectivity index (χ1v) is 6.65. The molecule has 1 aromatic carbocycles. The molecule has 2 heterocycles. The second-order valence-electron chi connectivity index (χ2n) is 3.88. The van der Waals surface area contributed by atoms with Crippen LogP contribution in [0.25, 0.3) is 0 Å². The van der Waals surface area contributed by atoms with Crippen LogP contribution in [0.2, 0.25) is 5.02 Å². The molecule has 1 aliphatic rings. The van der Waals surface area contributed by atoms with Crippen molar-refractivity contribution in [3.05, 3.63) is 39.3 Å². The zero-order valence-corrected chi connectivity index (χ0v) is 10.9. The van der Waals surface area contributed by atoms with E-state index in [0.717, 1.165) is 5.01 Å². The van der Waals surface area contributed by atoms with Crippen molar-refractivity contribution >= 4 is 22.9 Å². The smallest absolute Gasteiger partial charge is 0.231 e. The van der Waals surface area contributed by atoms with E-state index in [1.54, 1.807) is 18.3 Å². The minimum atomic E-state index is -0.650. The average Bonchev–Trinajstić information content (AvgIpc) is 2.98. The Hall–Kier alpha value is -1.30. The van der Waals surface area contributed by atoms with Gasteiger partial charge in [0.05, 0.1) is 16.1 Å². The Labute approximate surface area is 113 Å². The van der Waals surface area contributed by atoms with Gasteiger partial charge in [0.25, 0.3) is 0 Å². The zero-order chi connectivity index (χ0) is 12.5. The van der Waals surface area contributed by atoms with Crippen LogP contribution in [0.5, 0.6) is 11.5 Å². The number of aromatic nitrogens is 1. The van der Waals surface area contributed by atoms with Crippen LogP contribution in [0.3, 0.4) is 0 Å². The van der Waals surface area contributed by atoms with Crippen LogP contribution in [-0.2, 0) is 6.42 Å². The number of rotatable bonds is 3. The molecule has 1 unspecified atom stereocenters. The van der Waals surface area contributed by atoms with Crippen LogP contribution in [-0.4, -0.2) is 16.9 Å². The van der Waals surface area contributed by atoms with E-state index in [-0.39, 0.29) is 6.79 Å². The monoisotopic (exact) mass is 283 g/mol. The number of fused-ring (bicyclic) bond motifs is 1. The fourth-order valence-electron chi connectivity index (χ4n) is 1.82. The molecule has 1 aromatic heterocycles. The Bertz CT molecular complexity index is 559. The van der Waals surface area contributed by atoms with Gasteiger partial charge in [-0.05, 0) is 17.7 Å². The maximum atomic E-state index is 10.2. The lowest BCUT2D eigenvalue weighted by molar-refractivity contribution is 0.171. The van der Waals surface area contributed by atoms with Crippen LogP contribution in [0.1, 0.15) is 16.7 Å². The van der Waals surface area contributed by atoms with Crippen LogP contribution in [0.15, 0.2) is 23.7 Å². The lowest BCUT2D eigenvalue weighted by Crippen LogP contribution is -2.01. The molecule has 0 aliphatic carbocycles. The second-order valence-corrected chi connectivity index (χ2v) is 5.27. The lowest BCUT2D eigenvalue weighted by atomic mass is 10.1. The Kier molecular flexibility index (Phi) is 3.11. The highest BCUT2D eigenvalue weighted by Gasteiger charge is 2.21. The Balaban J connectivity index is 1.86. The van der Waals surface area contributed by atoms with Crippen molar-refractivity contribution in [3.63, 3.8) is 0 Å². The van der Waals surface area contributed by atoms with Gasteiger partial charge < -0.3 is 14.6 Å². The molecule has 1 aliphatic heterocycles. The molecule has 2 aromatic rings. The van der Waals surface area contributed by atoms with E-state index >= 15 is 0 Å². The summed E-state index contributed by atoms with van der Waals surface area (Å²) in [6, 6.07) is 3.46. The minimum absolute atomic E-state index is 0.168. The molecule has 6 heteroatoms. The first kappa shape index (κ1) is 11.8. The van der Waals surface area contributed by atoms with Gasteiger partial charge in [-0.15, -0.1) is 11.3 Å². The number of halogens is 1. The molecule has 0 bridgehead atoms. The molecular weight excluding hydrogens is 274 g/mol. The van der Waals surface area contributed by atoms with Gasteiger partial charge in [-0.1, -0.05) is 11.6 Å². The van der Waals surface area contributed by atoms with Crippen LogP contribution in [0.4, 0.5) is 0 Å². The van der Waals surface area contributed by atoms with Crippen molar-refractivity contribution in [2.75, 3.05) is 6.79 Å². The topological polar surface area (TPSA) is 51.6 Å². The third kappa shape index (κ3) is 2.16. The molecule has 1 N–H and O–H groups in total. The third-order valence-corrected chi connectivity index (χ3v) is 3.77. The largest absolute Gasteiger partial charge is 0.454 e. The number of nitrogens with zero attached hydrogens (tertiary/aromatic N) is 1. The van der Waals surface area contributed by atoms with E-state index in [1.165, 1.54) is 11.3 Å². The number of hydrogen-bond acceptors (Lipinski definition) is 5. The molecule has 0 saturated heterocycles. The summed E-state index contributed by atoms with van der Waals surface area (Å²) in [4.78, 5) is 4.15. The number of benzene rings is 1. The molecule has 18 heavy (non-hydrogen) atoms. The predicted molar refractivity (Wildman–Crippen MR) is 68.4 cm³/mol. The molecular formula is C12H10ClNO3S. The third-order valence-electron chi connectivity index (χ3n) is 2.69. The molecule has 94 valence electrons. The summed E-state index contributed by atoms with van der Waals surface area (Å²) < 4.78 is 10.5. The number of aliphatic hydroxyl groups is 1. The summed E-state index contributed by atoms with van der Waals surface area (Å²) in [6.45, 7) is 0.168. The SMILES string of the molecule is OC(Cc1nccs1)c1cc(Cl)c2c(c1)OCO2. The second kappa shape index (κ2) is 4.76. The molecule has 4 nitrogen and oxygen atoms in total. The van der Waals surface area contributed by atoms with Crippen LogP contribution in [0, 0.1) is 0 Å².